The Hall–Kier alpha value is -3.19. The van der Waals surface area contributed by atoms with Crippen LogP contribution >= 0.6 is 0 Å². The van der Waals surface area contributed by atoms with E-state index in [1.165, 1.54) is 32.1 Å². The number of carbonyl (C=O) groups excluding carboxylic acids is 1. The van der Waals surface area contributed by atoms with Gasteiger partial charge >= 0.3 is 5.69 Å². The summed E-state index contributed by atoms with van der Waals surface area (Å²) in [6.07, 6.45) is 6.57. The highest BCUT2D eigenvalue weighted by Crippen LogP contribution is 2.24. The summed E-state index contributed by atoms with van der Waals surface area (Å²) in [6.45, 7) is 3.67. The monoisotopic (exact) mass is 446 g/mol. The molecular formula is C26H30N4O3. The third kappa shape index (κ3) is 4.50. The highest BCUT2D eigenvalue weighted by molar-refractivity contribution is 5.94. The summed E-state index contributed by atoms with van der Waals surface area (Å²) >= 11 is 0. The molecular weight excluding hydrogens is 416 g/mol. The third-order valence-electron chi connectivity index (χ3n) is 7.11. The minimum Gasteiger partial charge on any atom is -0.336 e. The molecule has 1 N–H and O–H groups in total. The fourth-order valence-corrected chi connectivity index (χ4v) is 5.30. The van der Waals surface area contributed by atoms with Gasteiger partial charge in [0.2, 0.25) is 0 Å². The minimum absolute atomic E-state index is 0.0406. The smallest absolute Gasteiger partial charge is 0.329 e. The first-order chi connectivity index (χ1) is 16.1. The number of benzene rings is 2. The summed E-state index contributed by atoms with van der Waals surface area (Å²) in [7, 11) is 0. The Morgan fingerprint density at radius 3 is 2.45 bits per heavy atom. The number of aromatic nitrogens is 2. The van der Waals surface area contributed by atoms with Gasteiger partial charge in [0, 0.05) is 37.8 Å². The minimum atomic E-state index is -0.450. The Morgan fingerprint density at radius 1 is 0.909 bits per heavy atom. The molecule has 1 aromatic heterocycles. The zero-order valence-electron chi connectivity index (χ0n) is 18.8. The number of H-pyrrole nitrogens is 1. The van der Waals surface area contributed by atoms with Crippen molar-refractivity contribution in [2.75, 3.05) is 26.2 Å². The molecule has 33 heavy (non-hydrogen) atoms. The summed E-state index contributed by atoms with van der Waals surface area (Å²) in [5.41, 5.74) is 1.24. The van der Waals surface area contributed by atoms with Crippen LogP contribution in [0.5, 0.6) is 0 Å². The van der Waals surface area contributed by atoms with E-state index in [9.17, 15) is 14.4 Å². The fraction of sp³-hybridized carbons (Fsp3) is 0.423. The van der Waals surface area contributed by atoms with E-state index < -0.39 is 5.69 Å². The number of para-hydroxylation sites is 1. The molecule has 0 radical (unpaired) electrons. The van der Waals surface area contributed by atoms with Gasteiger partial charge in [-0.25, -0.2) is 4.79 Å². The Kier molecular flexibility index (Phi) is 6.13. The van der Waals surface area contributed by atoms with Crippen molar-refractivity contribution in [1.82, 2.24) is 19.4 Å². The van der Waals surface area contributed by atoms with Gasteiger partial charge in [0.1, 0.15) is 0 Å². The maximum atomic E-state index is 13.2. The molecule has 1 aliphatic heterocycles. The van der Waals surface area contributed by atoms with Crippen LogP contribution in [0.1, 0.15) is 48.0 Å². The number of rotatable bonds is 4. The largest absolute Gasteiger partial charge is 0.336 e. The third-order valence-corrected chi connectivity index (χ3v) is 7.11. The average molecular weight is 447 g/mol. The molecule has 0 bridgehead atoms. The number of piperazine rings is 1. The molecule has 7 nitrogen and oxygen atoms in total. The number of carbonyl (C=O) groups is 1. The predicted molar refractivity (Wildman–Crippen MR) is 129 cm³/mol. The molecule has 2 aromatic carbocycles. The number of nitrogens with one attached hydrogen (secondary N) is 1. The van der Waals surface area contributed by atoms with Crippen LogP contribution in [-0.4, -0.2) is 57.5 Å². The second kappa shape index (κ2) is 9.35. The molecule has 1 saturated heterocycles. The Morgan fingerprint density at radius 2 is 1.67 bits per heavy atom. The standard InChI is InChI=1S/C26H30N4O3/c31-24-22-11-4-5-12-23(22)30(26(33)27-24)18-19-7-6-8-20(17-19)25(32)29-15-13-28(14-16-29)21-9-2-1-3-10-21/h4-8,11-12,17,21H,1-3,9-10,13-16,18H2,(H,27,31,33). The van der Waals surface area contributed by atoms with Crippen LogP contribution in [0.2, 0.25) is 0 Å². The van der Waals surface area contributed by atoms with Crippen LogP contribution in [0, 0.1) is 0 Å². The molecule has 0 spiro atoms. The highest BCUT2D eigenvalue weighted by Gasteiger charge is 2.27. The van der Waals surface area contributed by atoms with Gasteiger partial charge in [0.15, 0.2) is 0 Å². The zero-order valence-corrected chi connectivity index (χ0v) is 18.8. The van der Waals surface area contributed by atoms with Gasteiger partial charge in [-0.2, -0.15) is 0 Å². The quantitative estimate of drug-likeness (QED) is 0.669. The number of aromatic amines is 1. The van der Waals surface area contributed by atoms with Crippen LogP contribution < -0.4 is 11.2 Å². The topological polar surface area (TPSA) is 78.4 Å². The number of nitrogens with zero attached hydrogens (tertiary/aromatic N) is 3. The Bertz CT molecular complexity index is 1260. The van der Waals surface area contributed by atoms with Gasteiger partial charge in [-0.1, -0.05) is 43.5 Å². The van der Waals surface area contributed by atoms with Gasteiger partial charge in [0.05, 0.1) is 17.4 Å². The molecule has 2 aliphatic rings. The second-order valence-electron chi connectivity index (χ2n) is 9.18. The molecule has 0 unspecified atom stereocenters. The fourth-order valence-electron chi connectivity index (χ4n) is 5.30. The first-order valence-electron chi connectivity index (χ1n) is 11.9. The van der Waals surface area contributed by atoms with E-state index in [4.69, 9.17) is 0 Å². The van der Waals surface area contributed by atoms with Crippen LogP contribution in [-0.2, 0) is 6.54 Å². The van der Waals surface area contributed by atoms with E-state index in [1.807, 2.05) is 35.2 Å². The van der Waals surface area contributed by atoms with Crippen molar-refractivity contribution < 1.29 is 4.79 Å². The Labute approximate surface area is 192 Å². The van der Waals surface area contributed by atoms with Crippen molar-refractivity contribution in [2.24, 2.45) is 0 Å². The lowest BCUT2D eigenvalue weighted by Gasteiger charge is -2.40. The second-order valence-corrected chi connectivity index (χ2v) is 9.18. The maximum absolute atomic E-state index is 13.2. The molecule has 1 amide bonds. The van der Waals surface area contributed by atoms with Crippen molar-refractivity contribution in [3.63, 3.8) is 0 Å². The lowest BCUT2D eigenvalue weighted by molar-refractivity contribution is 0.0523. The lowest BCUT2D eigenvalue weighted by atomic mass is 9.94. The molecule has 0 atom stereocenters. The van der Waals surface area contributed by atoms with Crippen molar-refractivity contribution in [3.05, 3.63) is 80.5 Å². The van der Waals surface area contributed by atoms with E-state index in [1.54, 1.807) is 22.8 Å². The van der Waals surface area contributed by atoms with Gasteiger partial charge in [-0.3, -0.25) is 24.0 Å². The molecule has 3 aromatic rings. The first-order valence-corrected chi connectivity index (χ1v) is 11.9. The molecule has 7 heteroatoms. The van der Waals surface area contributed by atoms with E-state index in [0.29, 0.717) is 22.5 Å². The molecule has 5 rings (SSSR count). The van der Waals surface area contributed by atoms with Crippen molar-refractivity contribution in [3.8, 4) is 0 Å². The van der Waals surface area contributed by atoms with Gasteiger partial charge in [-0.15, -0.1) is 0 Å². The van der Waals surface area contributed by atoms with Gasteiger partial charge < -0.3 is 4.90 Å². The van der Waals surface area contributed by atoms with Crippen LogP contribution in [0.25, 0.3) is 10.9 Å². The van der Waals surface area contributed by atoms with Crippen molar-refractivity contribution in [2.45, 2.75) is 44.7 Å². The van der Waals surface area contributed by atoms with Crippen LogP contribution in [0.4, 0.5) is 0 Å². The van der Waals surface area contributed by atoms with Crippen LogP contribution in [0.15, 0.2) is 58.1 Å². The SMILES string of the molecule is O=C(c1cccc(Cn2c(=O)[nH]c(=O)c3ccccc32)c1)N1CCN(C2CCCCC2)CC1. The summed E-state index contributed by atoms with van der Waals surface area (Å²) in [5.74, 6) is 0.0406. The predicted octanol–water partition coefficient (Wildman–Crippen LogP) is 2.83. The lowest BCUT2D eigenvalue weighted by Crippen LogP contribution is -2.52. The zero-order chi connectivity index (χ0) is 22.8. The van der Waals surface area contributed by atoms with E-state index in [0.717, 1.165) is 31.7 Å². The summed E-state index contributed by atoms with van der Waals surface area (Å²) in [6, 6.07) is 15.2. The molecule has 1 saturated carbocycles. The maximum Gasteiger partial charge on any atom is 0.329 e. The average Bonchev–Trinajstić information content (AvgIpc) is 2.87. The van der Waals surface area contributed by atoms with Crippen molar-refractivity contribution in [1.29, 1.82) is 0 Å². The summed E-state index contributed by atoms with van der Waals surface area (Å²) in [5, 5.41) is 0.472. The summed E-state index contributed by atoms with van der Waals surface area (Å²) < 4.78 is 1.54. The Balaban J connectivity index is 1.31. The van der Waals surface area contributed by atoms with E-state index in [2.05, 4.69) is 9.88 Å². The van der Waals surface area contributed by atoms with Crippen molar-refractivity contribution >= 4 is 16.8 Å². The molecule has 2 heterocycles. The number of hydrogen-bond donors (Lipinski definition) is 1. The molecule has 1 aliphatic carbocycles. The van der Waals surface area contributed by atoms with Crippen LogP contribution in [0.3, 0.4) is 0 Å². The van der Waals surface area contributed by atoms with E-state index >= 15 is 0 Å². The normalized spacial score (nSPS) is 18.0. The molecule has 2 fully saturated rings. The van der Waals surface area contributed by atoms with Gasteiger partial charge in [0.25, 0.3) is 11.5 Å². The molecule has 172 valence electrons. The van der Waals surface area contributed by atoms with E-state index in [-0.39, 0.29) is 18.0 Å². The number of fused-ring (bicyclic) bond motifs is 1. The number of amides is 1. The van der Waals surface area contributed by atoms with Gasteiger partial charge in [-0.05, 0) is 42.7 Å². The summed E-state index contributed by atoms with van der Waals surface area (Å²) in [4.78, 5) is 44.7. The highest BCUT2D eigenvalue weighted by atomic mass is 16.2. The number of hydrogen-bond acceptors (Lipinski definition) is 4. The first kappa shape index (κ1) is 21.6.